The molecule has 1 aromatic carbocycles. The van der Waals surface area contributed by atoms with Gasteiger partial charge >= 0.3 is 0 Å². The molecule has 1 aliphatic rings. The molecule has 80 valence electrons. The van der Waals surface area contributed by atoms with Gasteiger partial charge in [0.15, 0.2) is 0 Å². The SMILES string of the molecule is CN[Si](C)(C)C1=c2ccccc2=CC1C. The largest absolute Gasteiger partial charge is 0.337 e. The fourth-order valence-corrected chi connectivity index (χ4v) is 4.92. The molecule has 2 rings (SSSR count). The van der Waals surface area contributed by atoms with E-state index in [1.54, 1.807) is 5.20 Å². The van der Waals surface area contributed by atoms with Crippen molar-refractivity contribution in [2.75, 3.05) is 7.05 Å². The van der Waals surface area contributed by atoms with Gasteiger partial charge in [-0.3, -0.25) is 0 Å². The summed E-state index contributed by atoms with van der Waals surface area (Å²) in [4.78, 5) is 3.54. The van der Waals surface area contributed by atoms with Crippen LogP contribution in [0.2, 0.25) is 13.1 Å². The van der Waals surface area contributed by atoms with E-state index in [4.69, 9.17) is 0 Å². The highest BCUT2D eigenvalue weighted by molar-refractivity contribution is 6.91. The van der Waals surface area contributed by atoms with E-state index in [1.807, 2.05) is 0 Å². The van der Waals surface area contributed by atoms with Gasteiger partial charge in [0.25, 0.3) is 0 Å². The molecule has 0 saturated heterocycles. The Kier molecular flexibility index (Phi) is 2.57. The Morgan fingerprint density at radius 1 is 1.20 bits per heavy atom. The Hall–Kier alpha value is -0.863. The van der Waals surface area contributed by atoms with Crippen LogP contribution >= 0.6 is 0 Å². The molecule has 0 radical (unpaired) electrons. The molecule has 1 N–H and O–H groups in total. The highest BCUT2D eigenvalue weighted by Gasteiger charge is 2.30. The van der Waals surface area contributed by atoms with Gasteiger partial charge in [0.05, 0.1) is 0 Å². The molecule has 1 aliphatic carbocycles. The van der Waals surface area contributed by atoms with E-state index in [-0.39, 0.29) is 0 Å². The Bertz CT molecular complexity index is 488. The molecule has 1 atom stereocenters. The van der Waals surface area contributed by atoms with E-state index >= 15 is 0 Å². The molecule has 0 amide bonds. The standard InChI is InChI=1S/C13H19NSi/c1-10-9-11-7-5-6-8-12(11)13(10)15(3,4)14-2/h5-10,14H,1-4H3. The maximum absolute atomic E-state index is 3.54. The lowest BCUT2D eigenvalue weighted by Gasteiger charge is -2.26. The average Bonchev–Trinajstić information content (AvgIpc) is 2.54. The van der Waals surface area contributed by atoms with Gasteiger partial charge in [-0.2, -0.15) is 0 Å². The number of rotatable bonds is 2. The van der Waals surface area contributed by atoms with Gasteiger partial charge in [0, 0.05) is 0 Å². The molecule has 1 aromatic rings. The second-order valence-electron chi connectivity index (χ2n) is 4.83. The minimum absolute atomic E-state index is 0.594. The van der Waals surface area contributed by atoms with Crippen molar-refractivity contribution in [1.29, 1.82) is 0 Å². The van der Waals surface area contributed by atoms with Crippen molar-refractivity contribution in [1.82, 2.24) is 4.98 Å². The Morgan fingerprint density at radius 2 is 1.87 bits per heavy atom. The van der Waals surface area contributed by atoms with Crippen molar-refractivity contribution in [3.8, 4) is 0 Å². The van der Waals surface area contributed by atoms with Crippen LogP contribution in [0, 0.1) is 5.92 Å². The van der Waals surface area contributed by atoms with Crippen LogP contribution in [0.25, 0.3) is 11.3 Å². The lowest BCUT2D eigenvalue weighted by Crippen LogP contribution is -2.47. The number of hydrogen-bond acceptors (Lipinski definition) is 1. The summed E-state index contributed by atoms with van der Waals surface area (Å²) in [5, 5.41) is 4.52. The van der Waals surface area contributed by atoms with Crippen molar-refractivity contribution in [3.05, 3.63) is 34.7 Å². The third-order valence-electron chi connectivity index (χ3n) is 3.43. The minimum atomic E-state index is -1.42. The first-order valence-corrected chi connectivity index (χ1v) is 8.57. The van der Waals surface area contributed by atoms with Gasteiger partial charge in [0.2, 0.25) is 0 Å². The van der Waals surface area contributed by atoms with Crippen LogP contribution in [0.3, 0.4) is 0 Å². The van der Waals surface area contributed by atoms with Crippen LogP contribution in [-0.2, 0) is 0 Å². The zero-order valence-electron chi connectivity index (χ0n) is 9.96. The molecule has 0 aromatic heterocycles. The molecule has 1 unspecified atom stereocenters. The zero-order chi connectivity index (χ0) is 11.1. The van der Waals surface area contributed by atoms with Gasteiger partial charge < -0.3 is 4.98 Å². The van der Waals surface area contributed by atoms with E-state index in [9.17, 15) is 0 Å². The van der Waals surface area contributed by atoms with E-state index < -0.39 is 8.24 Å². The Balaban J connectivity index is 2.73. The number of nitrogens with one attached hydrogen (secondary N) is 1. The smallest absolute Gasteiger partial charge is 0.148 e. The van der Waals surface area contributed by atoms with Crippen LogP contribution in [-0.4, -0.2) is 15.3 Å². The van der Waals surface area contributed by atoms with Crippen molar-refractivity contribution in [2.24, 2.45) is 5.92 Å². The minimum Gasteiger partial charge on any atom is -0.337 e. The fraction of sp³-hybridized carbons (Fsp3) is 0.385. The van der Waals surface area contributed by atoms with E-state index in [2.05, 4.69) is 62.4 Å². The summed E-state index contributed by atoms with van der Waals surface area (Å²) in [6, 6.07) is 8.75. The second kappa shape index (κ2) is 3.61. The van der Waals surface area contributed by atoms with Crippen molar-refractivity contribution < 1.29 is 0 Å². The van der Waals surface area contributed by atoms with E-state index in [0.717, 1.165) is 0 Å². The lowest BCUT2D eigenvalue weighted by molar-refractivity contribution is 1.03. The normalized spacial score (nSPS) is 20.0. The topological polar surface area (TPSA) is 12.0 Å². The van der Waals surface area contributed by atoms with Crippen molar-refractivity contribution in [2.45, 2.75) is 20.0 Å². The molecule has 0 spiro atoms. The summed E-state index contributed by atoms with van der Waals surface area (Å²) in [6.07, 6.45) is 2.39. The van der Waals surface area contributed by atoms with Gasteiger partial charge in [0.1, 0.15) is 8.24 Å². The third kappa shape index (κ3) is 1.68. The van der Waals surface area contributed by atoms with Crippen LogP contribution in [0.4, 0.5) is 0 Å². The quantitative estimate of drug-likeness (QED) is 0.735. The average molecular weight is 217 g/mol. The zero-order valence-corrected chi connectivity index (χ0v) is 11.0. The molecule has 0 saturated carbocycles. The fourth-order valence-electron chi connectivity index (χ4n) is 2.53. The summed E-state index contributed by atoms with van der Waals surface area (Å²) in [7, 11) is 0.667. The number of benzene rings is 1. The molecule has 1 nitrogen and oxygen atoms in total. The molecule has 15 heavy (non-hydrogen) atoms. The molecule has 0 heterocycles. The molecule has 2 heteroatoms. The highest BCUT2D eigenvalue weighted by atomic mass is 28.3. The predicted molar refractivity (Wildman–Crippen MR) is 69.3 cm³/mol. The maximum Gasteiger partial charge on any atom is 0.148 e. The lowest BCUT2D eigenvalue weighted by atomic mass is 10.2. The molecule has 0 fully saturated rings. The Morgan fingerprint density at radius 3 is 2.53 bits per heavy atom. The summed E-state index contributed by atoms with van der Waals surface area (Å²) in [6.45, 7) is 7.07. The summed E-state index contributed by atoms with van der Waals surface area (Å²) >= 11 is 0. The van der Waals surface area contributed by atoms with Crippen LogP contribution in [0.15, 0.2) is 24.3 Å². The molecule has 0 aliphatic heterocycles. The van der Waals surface area contributed by atoms with Crippen molar-refractivity contribution in [3.63, 3.8) is 0 Å². The predicted octanol–water partition coefficient (Wildman–Crippen LogP) is 1.23. The first-order valence-electron chi connectivity index (χ1n) is 5.57. The van der Waals surface area contributed by atoms with Crippen LogP contribution < -0.4 is 15.4 Å². The summed E-state index contributed by atoms with van der Waals surface area (Å²) in [5.41, 5.74) is 0. The van der Waals surface area contributed by atoms with Gasteiger partial charge in [-0.1, -0.05) is 55.6 Å². The first-order chi connectivity index (χ1) is 7.06. The molecular formula is C13H19NSi. The summed E-state index contributed by atoms with van der Waals surface area (Å²) < 4.78 is 0. The van der Waals surface area contributed by atoms with E-state index in [1.165, 1.54) is 10.4 Å². The third-order valence-corrected chi connectivity index (χ3v) is 6.76. The monoisotopic (exact) mass is 217 g/mol. The number of fused-ring (bicyclic) bond motifs is 1. The molecule has 0 bridgehead atoms. The Labute approximate surface area is 92.6 Å². The van der Waals surface area contributed by atoms with Gasteiger partial charge in [-0.15, -0.1) is 0 Å². The maximum atomic E-state index is 3.54. The van der Waals surface area contributed by atoms with E-state index in [0.29, 0.717) is 5.92 Å². The number of hydrogen-bond donors (Lipinski definition) is 1. The van der Waals surface area contributed by atoms with Crippen LogP contribution in [0.5, 0.6) is 0 Å². The highest BCUT2D eigenvalue weighted by Crippen LogP contribution is 2.23. The first kappa shape index (κ1) is 10.6. The van der Waals surface area contributed by atoms with Crippen LogP contribution in [0.1, 0.15) is 6.92 Å². The van der Waals surface area contributed by atoms with Gasteiger partial charge in [-0.05, 0) is 23.4 Å². The van der Waals surface area contributed by atoms with Crippen molar-refractivity contribution >= 4 is 19.5 Å². The second-order valence-corrected chi connectivity index (χ2v) is 9.12. The summed E-state index contributed by atoms with van der Waals surface area (Å²) in [5.74, 6) is 0.594. The molecular weight excluding hydrogens is 198 g/mol. The van der Waals surface area contributed by atoms with Gasteiger partial charge in [-0.25, -0.2) is 0 Å².